The summed E-state index contributed by atoms with van der Waals surface area (Å²) in [6, 6.07) is 0.305. The van der Waals surface area contributed by atoms with Crippen molar-refractivity contribution in [2.45, 2.75) is 51.0 Å². The summed E-state index contributed by atoms with van der Waals surface area (Å²) in [5, 5.41) is 9.82. The smallest absolute Gasteiger partial charge is 0.410 e. The molecule has 4 nitrogen and oxygen atoms in total. The summed E-state index contributed by atoms with van der Waals surface area (Å²) >= 11 is 0. The molecule has 2 saturated carbocycles. The van der Waals surface area contributed by atoms with E-state index in [-0.39, 0.29) is 24.3 Å². The number of carbonyl (C=O) groups excluding carboxylic acids is 1. The summed E-state index contributed by atoms with van der Waals surface area (Å²) in [6.07, 6.45) is 0.419. The number of carbonyl (C=O) groups is 1. The number of ether oxygens (including phenoxy) is 1. The van der Waals surface area contributed by atoms with Crippen LogP contribution < -0.4 is 0 Å². The Bertz CT molecular complexity index is 322. The molecule has 2 aliphatic carbocycles. The van der Waals surface area contributed by atoms with Crippen LogP contribution >= 0.6 is 0 Å². The summed E-state index contributed by atoms with van der Waals surface area (Å²) in [5.41, 5.74) is -0.445. The third-order valence-corrected chi connectivity index (χ3v) is 3.77. The molecule has 84 valence electrons. The van der Waals surface area contributed by atoms with Crippen LogP contribution in [0.15, 0.2) is 0 Å². The first-order valence-electron chi connectivity index (χ1n) is 5.59. The van der Waals surface area contributed by atoms with Crippen molar-refractivity contribution in [2.75, 3.05) is 0 Å². The molecule has 2 heterocycles. The Morgan fingerprint density at radius 2 is 2.13 bits per heavy atom. The molecule has 1 N–H and O–H groups in total. The van der Waals surface area contributed by atoms with Crippen molar-refractivity contribution in [2.24, 2.45) is 11.8 Å². The lowest BCUT2D eigenvalue weighted by Crippen LogP contribution is -2.41. The predicted molar refractivity (Wildman–Crippen MR) is 53.3 cm³/mol. The maximum absolute atomic E-state index is 11.9. The normalized spacial score (nSPS) is 45.9. The molecule has 15 heavy (non-hydrogen) atoms. The number of piperidine rings is 2. The van der Waals surface area contributed by atoms with Crippen molar-refractivity contribution in [3.63, 3.8) is 0 Å². The molecule has 0 radical (unpaired) electrons. The van der Waals surface area contributed by atoms with Crippen LogP contribution in [0, 0.1) is 11.8 Å². The van der Waals surface area contributed by atoms with Crippen LogP contribution in [0.4, 0.5) is 4.79 Å². The molecule has 4 heteroatoms. The number of amides is 1. The number of aliphatic hydroxyl groups excluding tert-OH is 1. The number of rotatable bonds is 0. The SMILES string of the molecule is CC(C)(C)OC(=O)N1[C@H]2[C@@H]3C[C@@H]1[C@@H](O)[C@@H]32. The maximum atomic E-state index is 11.9. The Morgan fingerprint density at radius 1 is 1.47 bits per heavy atom. The molecule has 0 aromatic carbocycles. The molecule has 4 fully saturated rings. The van der Waals surface area contributed by atoms with Crippen molar-refractivity contribution in [1.82, 2.24) is 4.90 Å². The lowest BCUT2D eigenvalue weighted by molar-refractivity contribution is 0.0163. The third-order valence-electron chi connectivity index (χ3n) is 3.77. The fraction of sp³-hybridized carbons (Fsp3) is 0.909. The van der Waals surface area contributed by atoms with Gasteiger partial charge in [-0.15, -0.1) is 0 Å². The highest BCUT2D eigenvalue weighted by Crippen LogP contribution is 2.64. The highest BCUT2D eigenvalue weighted by atomic mass is 16.6. The molecule has 0 unspecified atom stereocenters. The summed E-state index contributed by atoms with van der Waals surface area (Å²) in [6.45, 7) is 5.60. The zero-order chi connectivity index (χ0) is 11.0. The topological polar surface area (TPSA) is 49.8 Å². The molecule has 4 aliphatic rings. The number of aliphatic hydroxyl groups is 1. The predicted octanol–water partition coefficient (Wildman–Crippen LogP) is 0.985. The Kier molecular flexibility index (Phi) is 1.57. The van der Waals surface area contributed by atoms with E-state index in [4.69, 9.17) is 4.74 Å². The van der Waals surface area contributed by atoms with Crippen molar-refractivity contribution < 1.29 is 14.6 Å². The molecular weight excluding hydrogens is 194 g/mol. The van der Waals surface area contributed by atoms with Gasteiger partial charge in [0.15, 0.2) is 0 Å². The van der Waals surface area contributed by atoms with Gasteiger partial charge in [-0.1, -0.05) is 0 Å². The minimum atomic E-state index is -0.445. The number of hydrogen-bond donors (Lipinski definition) is 1. The Hall–Kier alpha value is -0.770. The average molecular weight is 211 g/mol. The fourth-order valence-electron chi connectivity index (χ4n) is 3.27. The van der Waals surface area contributed by atoms with Crippen LogP contribution in [0.25, 0.3) is 0 Å². The first-order valence-corrected chi connectivity index (χ1v) is 5.59. The van der Waals surface area contributed by atoms with Gasteiger partial charge in [0.05, 0.1) is 12.1 Å². The second-order valence-corrected chi connectivity index (χ2v) is 5.91. The Balaban J connectivity index is 1.73. The lowest BCUT2D eigenvalue weighted by Gasteiger charge is -2.27. The van der Waals surface area contributed by atoms with E-state index < -0.39 is 5.60 Å². The van der Waals surface area contributed by atoms with E-state index in [1.165, 1.54) is 0 Å². The second kappa shape index (κ2) is 2.48. The van der Waals surface area contributed by atoms with E-state index in [0.29, 0.717) is 11.8 Å². The lowest BCUT2D eigenvalue weighted by atomic mass is 10.2. The van der Waals surface area contributed by atoms with E-state index in [0.717, 1.165) is 6.42 Å². The molecule has 0 spiro atoms. The molecular formula is C11H17NO3. The quantitative estimate of drug-likeness (QED) is 0.650. The van der Waals surface area contributed by atoms with Crippen LogP contribution in [0.3, 0.4) is 0 Å². The number of nitrogens with zero attached hydrogens (tertiary/aromatic N) is 1. The van der Waals surface area contributed by atoms with Gasteiger partial charge in [-0.3, -0.25) is 4.90 Å². The maximum Gasteiger partial charge on any atom is 0.410 e. The van der Waals surface area contributed by atoms with Crippen LogP contribution in [0.1, 0.15) is 27.2 Å². The molecule has 5 atom stereocenters. The zero-order valence-electron chi connectivity index (χ0n) is 9.30. The van der Waals surface area contributed by atoms with Crippen molar-refractivity contribution in [1.29, 1.82) is 0 Å². The van der Waals surface area contributed by atoms with E-state index in [9.17, 15) is 9.90 Å². The van der Waals surface area contributed by atoms with Crippen LogP contribution in [0.5, 0.6) is 0 Å². The molecule has 1 amide bonds. The van der Waals surface area contributed by atoms with Gasteiger partial charge >= 0.3 is 6.09 Å². The average Bonchev–Trinajstić information content (AvgIpc) is 2.41. The van der Waals surface area contributed by atoms with Crippen molar-refractivity contribution >= 4 is 6.09 Å². The Labute approximate surface area is 89.2 Å². The van der Waals surface area contributed by atoms with Gasteiger partial charge in [-0.25, -0.2) is 4.79 Å². The van der Waals surface area contributed by atoms with Gasteiger partial charge in [-0.2, -0.15) is 0 Å². The van der Waals surface area contributed by atoms with Gasteiger partial charge in [0, 0.05) is 12.0 Å². The first kappa shape index (κ1) is 9.46. The largest absolute Gasteiger partial charge is 0.444 e. The van der Waals surface area contributed by atoms with E-state index in [1.807, 2.05) is 20.8 Å². The molecule has 4 rings (SSSR count). The zero-order valence-corrected chi connectivity index (χ0v) is 9.30. The molecule has 0 aromatic heterocycles. The molecule has 2 saturated heterocycles. The van der Waals surface area contributed by atoms with Crippen molar-refractivity contribution in [3.05, 3.63) is 0 Å². The Morgan fingerprint density at radius 3 is 2.47 bits per heavy atom. The standard InChI is InChI=1S/C11H17NO3/c1-11(2,3)15-10(14)12-6-4-5-7(8(5)12)9(6)13/h5-9,13H,4H2,1-3H3/t5-,6-,7+,8+,9-/m1/s1. The summed E-state index contributed by atoms with van der Waals surface area (Å²) < 4.78 is 5.34. The third kappa shape index (κ3) is 1.14. The summed E-state index contributed by atoms with van der Waals surface area (Å²) in [4.78, 5) is 13.6. The number of hydrogen-bond acceptors (Lipinski definition) is 3. The molecule has 2 aliphatic heterocycles. The van der Waals surface area contributed by atoms with Gasteiger partial charge in [0.25, 0.3) is 0 Å². The highest BCUT2D eigenvalue weighted by Gasteiger charge is 2.74. The van der Waals surface area contributed by atoms with Gasteiger partial charge in [0.2, 0.25) is 0 Å². The van der Waals surface area contributed by atoms with E-state index in [1.54, 1.807) is 4.90 Å². The minimum Gasteiger partial charge on any atom is -0.444 e. The fourth-order valence-corrected chi connectivity index (χ4v) is 3.27. The molecule has 0 aromatic rings. The monoisotopic (exact) mass is 211 g/mol. The van der Waals surface area contributed by atoms with Gasteiger partial charge in [-0.05, 0) is 33.1 Å². The van der Waals surface area contributed by atoms with Crippen LogP contribution in [-0.4, -0.2) is 39.9 Å². The van der Waals surface area contributed by atoms with Gasteiger partial charge in [0.1, 0.15) is 5.60 Å². The highest BCUT2D eigenvalue weighted by molar-refractivity contribution is 5.72. The van der Waals surface area contributed by atoms with Crippen molar-refractivity contribution in [3.8, 4) is 0 Å². The van der Waals surface area contributed by atoms with E-state index >= 15 is 0 Å². The van der Waals surface area contributed by atoms with Crippen LogP contribution in [0.2, 0.25) is 0 Å². The summed E-state index contributed by atoms with van der Waals surface area (Å²) in [5.74, 6) is 0.903. The summed E-state index contributed by atoms with van der Waals surface area (Å²) in [7, 11) is 0. The van der Waals surface area contributed by atoms with Crippen LogP contribution in [-0.2, 0) is 4.74 Å². The minimum absolute atomic E-state index is 0.0276. The first-order chi connectivity index (χ1) is 6.90. The van der Waals surface area contributed by atoms with Gasteiger partial charge < -0.3 is 9.84 Å². The van der Waals surface area contributed by atoms with E-state index in [2.05, 4.69) is 0 Å². The molecule has 4 bridgehead atoms. The second-order valence-electron chi connectivity index (χ2n) is 5.91.